The van der Waals surface area contributed by atoms with Crippen LogP contribution < -0.4 is 9.47 Å². The number of piperidine rings is 1. The highest BCUT2D eigenvalue weighted by atomic mass is 32.2. The zero-order valence-electron chi connectivity index (χ0n) is 21.1. The van der Waals surface area contributed by atoms with Gasteiger partial charge in [-0.1, -0.05) is 30.3 Å². The van der Waals surface area contributed by atoms with Crippen molar-refractivity contribution >= 4 is 9.84 Å². The fourth-order valence-electron chi connectivity index (χ4n) is 5.30. The molecule has 3 aromatic rings. The number of ether oxygens (including phenoxy) is 3. The molecule has 0 amide bonds. The van der Waals surface area contributed by atoms with Gasteiger partial charge in [0, 0.05) is 31.5 Å². The Morgan fingerprint density at radius 2 is 1.74 bits per heavy atom. The van der Waals surface area contributed by atoms with Gasteiger partial charge >= 0.3 is 0 Å². The topological polar surface area (TPSA) is 90.9 Å². The highest BCUT2D eigenvalue weighted by molar-refractivity contribution is 7.92. The van der Waals surface area contributed by atoms with Crippen molar-refractivity contribution in [1.29, 1.82) is 0 Å². The fourth-order valence-corrected chi connectivity index (χ4v) is 6.97. The molecule has 3 fully saturated rings. The summed E-state index contributed by atoms with van der Waals surface area (Å²) in [6.45, 7) is 3.96. The number of hydrogen-bond donors (Lipinski definition) is 0. The molecular weight excluding hydrogens is 509 g/mol. The number of halogens is 1. The summed E-state index contributed by atoms with van der Waals surface area (Å²) < 4.78 is 57.6. The Labute approximate surface area is 221 Å². The Morgan fingerprint density at radius 1 is 1.03 bits per heavy atom. The Bertz CT molecular complexity index is 1400. The third-order valence-corrected chi connectivity index (χ3v) is 9.77. The van der Waals surface area contributed by atoms with E-state index in [0.29, 0.717) is 37.5 Å². The SMILES string of the molecule is Cc1c(Oc2ccc(S(=O)(=O)C3CC3)cc2F)ncnc1OC1CC2COC[C@@H](C1)N2Cc1ccccc1. The summed E-state index contributed by atoms with van der Waals surface area (Å²) >= 11 is 0. The van der Waals surface area contributed by atoms with E-state index < -0.39 is 20.9 Å². The van der Waals surface area contributed by atoms with E-state index >= 15 is 0 Å². The standard InChI is InChI=1S/C28H30FN3O5S/c1-18-27(36-22-11-20-15-35-16-21(12-22)32(20)14-19-5-3-2-4-6-19)30-17-31-28(18)37-26-10-9-24(13-25(26)29)38(33,34)23-7-8-23/h2-6,9-10,13,17,20-23H,7-8,11-12,14-16H2,1H3/t20-,21?,22?/m1/s1. The molecule has 2 aliphatic heterocycles. The molecule has 200 valence electrons. The number of aromatic nitrogens is 2. The van der Waals surface area contributed by atoms with Crippen LogP contribution >= 0.6 is 0 Å². The molecular formula is C28H30FN3O5S. The smallest absolute Gasteiger partial charge is 0.229 e. The molecule has 3 heterocycles. The zero-order chi connectivity index (χ0) is 26.3. The van der Waals surface area contributed by atoms with Crippen molar-refractivity contribution < 1.29 is 27.0 Å². The van der Waals surface area contributed by atoms with Crippen LogP contribution in [0.4, 0.5) is 4.39 Å². The van der Waals surface area contributed by atoms with Gasteiger partial charge in [0.15, 0.2) is 21.4 Å². The van der Waals surface area contributed by atoms with Gasteiger partial charge in [-0.15, -0.1) is 0 Å². The lowest BCUT2D eigenvalue weighted by Crippen LogP contribution is -2.58. The fraction of sp³-hybridized carbons (Fsp3) is 0.429. The van der Waals surface area contributed by atoms with Gasteiger partial charge in [0.25, 0.3) is 0 Å². The maximum absolute atomic E-state index is 14.8. The van der Waals surface area contributed by atoms with Crippen molar-refractivity contribution in [1.82, 2.24) is 14.9 Å². The van der Waals surface area contributed by atoms with Gasteiger partial charge in [0.2, 0.25) is 11.8 Å². The third kappa shape index (κ3) is 5.12. The van der Waals surface area contributed by atoms with Crippen molar-refractivity contribution in [2.45, 2.75) is 67.5 Å². The highest BCUT2D eigenvalue weighted by Crippen LogP contribution is 2.37. The van der Waals surface area contributed by atoms with E-state index in [2.05, 4.69) is 39.1 Å². The Kier molecular flexibility index (Phi) is 6.79. The predicted molar refractivity (Wildman–Crippen MR) is 137 cm³/mol. The maximum atomic E-state index is 14.8. The van der Waals surface area contributed by atoms with Crippen LogP contribution in [0.15, 0.2) is 59.8 Å². The van der Waals surface area contributed by atoms with Crippen molar-refractivity contribution in [3.8, 4) is 17.5 Å². The molecule has 0 radical (unpaired) electrons. The molecule has 0 spiro atoms. The summed E-state index contributed by atoms with van der Waals surface area (Å²) in [5.41, 5.74) is 1.83. The second kappa shape index (κ2) is 10.2. The Hall–Kier alpha value is -3.08. The van der Waals surface area contributed by atoms with Crippen LogP contribution in [-0.2, 0) is 21.1 Å². The number of rotatable bonds is 8. The maximum Gasteiger partial charge on any atom is 0.229 e. The first kappa shape index (κ1) is 25.2. The number of fused-ring (bicyclic) bond motifs is 2. The largest absolute Gasteiger partial charge is 0.474 e. The molecule has 8 nitrogen and oxygen atoms in total. The first-order valence-electron chi connectivity index (χ1n) is 13.0. The molecule has 0 N–H and O–H groups in total. The minimum absolute atomic E-state index is 0.0265. The average Bonchev–Trinajstić information content (AvgIpc) is 3.75. The van der Waals surface area contributed by atoms with E-state index in [0.717, 1.165) is 25.5 Å². The molecule has 6 rings (SSSR count). The van der Waals surface area contributed by atoms with Crippen LogP contribution in [0.25, 0.3) is 0 Å². The summed E-state index contributed by atoms with van der Waals surface area (Å²) in [6, 6.07) is 14.6. The summed E-state index contributed by atoms with van der Waals surface area (Å²) in [5, 5.41) is -0.409. The van der Waals surface area contributed by atoms with Gasteiger partial charge in [0.05, 0.1) is 28.9 Å². The van der Waals surface area contributed by atoms with Gasteiger partial charge in [-0.25, -0.2) is 22.8 Å². The first-order chi connectivity index (χ1) is 18.4. The van der Waals surface area contributed by atoms with Crippen LogP contribution in [0.1, 0.15) is 36.8 Å². The molecule has 3 atom stereocenters. The lowest BCUT2D eigenvalue weighted by molar-refractivity contribution is -0.104. The molecule has 38 heavy (non-hydrogen) atoms. The molecule has 2 unspecified atom stereocenters. The van der Waals surface area contributed by atoms with Gasteiger partial charge in [0.1, 0.15) is 12.4 Å². The van der Waals surface area contributed by atoms with E-state index in [1.165, 1.54) is 24.0 Å². The van der Waals surface area contributed by atoms with Crippen molar-refractivity contribution in [3.63, 3.8) is 0 Å². The normalized spacial score (nSPS) is 23.7. The van der Waals surface area contributed by atoms with Crippen molar-refractivity contribution in [2.75, 3.05) is 13.2 Å². The highest BCUT2D eigenvalue weighted by Gasteiger charge is 2.40. The minimum atomic E-state index is -3.49. The Balaban J connectivity index is 1.15. The van der Waals surface area contributed by atoms with Gasteiger partial charge in [-0.2, -0.15) is 0 Å². The van der Waals surface area contributed by atoms with Crippen molar-refractivity contribution in [3.05, 3.63) is 71.8 Å². The monoisotopic (exact) mass is 539 g/mol. The quantitative estimate of drug-likeness (QED) is 0.414. The third-order valence-electron chi connectivity index (χ3n) is 7.51. The summed E-state index contributed by atoms with van der Waals surface area (Å²) in [5.74, 6) is -0.306. The molecule has 3 aliphatic rings. The molecule has 2 saturated heterocycles. The Morgan fingerprint density at radius 3 is 2.42 bits per heavy atom. The summed E-state index contributed by atoms with van der Waals surface area (Å²) in [6.07, 6.45) is 4.11. The van der Waals surface area contributed by atoms with Crippen LogP contribution in [0, 0.1) is 12.7 Å². The zero-order valence-corrected chi connectivity index (χ0v) is 21.9. The van der Waals surface area contributed by atoms with E-state index in [1.54, 1.807) is 6.92 Å². The average molecular weight is 540 g/mol. The van der Waals surface area contributed by atoms with E-state index in [4.69, 9.17) is 14.2 Å². The molecule has 1 aliphatic carbocycles. The molecule has 10 heteroatoms. The van der Waals surface area contributed by atoms with Crippen LogP contribution in [-0.4, -0.2) is 59.9 Å². The van der Waals surface area contributed by atoms with Crippen molar-refractivity contribution in [2.24, 2.45) is 0 Å². The lowest BCUT2D eigenvalue weighted by atomic mass is 9.91. The molecule has 1 saturated carbocycles. The van der Waals surface area contributed by atoms with Crippen LogP contribution in [0.3, 0.4) is 0 Å². The predicted octanol–water partition coefficient (Wildman–Crippen LogP) is 4.46. The van der Waals surface area contributed by atoms with Gasteiger partial charge in [-0.05, 0) is 43.5 Å². The summed E-state index contributed by atoms with van der Waals surface area (Å²) in [7, 11) is -3.49. The van der Waals surface area contributed by atoms with Gasteiger partial charge in [-0.3, -0.25) is 4.90 Å². The van der Waals surface area contributed by atoms with E-state index in [-0.39, 0.29) is 34.7 Å². The number of morpholine rings is 1. The number of sulfone groups is 1. The summed E-state index contributed by atoms with van der Waals surface area (Å²) in [4.78, 5) is 11.0. The second-order valence-corrected chi connectivity index (χ2v) is 12.5. The van der Waals surface area contributed by atoms with Crippen LogP contribution in [0.2, 0.25) is 0 Å². The first-order valence-corrected chi connectivity index (χ1v) is 14.5. The second-order valence-electron chi connectivity index (χ2n) is 10.3. The van der Waals surface area contributed by atoms with Crippen LogP contribution in [0.5, 0.6) is 17.5 Å². The minimum Gasteiger partial charge on any atom is -0.474 e. The number of nitrogens with zero attached hydrogens (tertiary/aromatic N) is 3. The molecule has 1 aromatic heterocycles. The molecule has 2 bridgehead atoms. The number of hydrogen-bond acceptors (Lipinski definition) is 8. The lowest BCUT2D eigenvalue weighted by Gasteiger charge is -2.48. The van der Waals surface area contributed by atoms with E-state index in [9.17, 15) is 12.8 Å². The molecule has 2 aromatic carbocycles. The number of benzene rings is 2. The van der Waals surface area contributed by atoms with E-state index in [1.807, 2.05) is 6.07 Å². The van der Waals surface area contributed by atoms with Gasteiger partial charge < -0.3 is 14.2 Å².